The van der Waals surface area contributed by atoms with Gasteiger partial charge in [-0.2, -0.15) is 13.2 Å². The van der Waals surface area contributed by atoms with Gasteiger partial charge < -0.3 is 5.32 Å². The van der Waals surface area contributed by atoms with Crippen molar-refractivity contribution in [1.82, 2.24) is 10.2 Å². The second-order valence-electron chi connectivity index (χ2n) is 5.67. The molecular weight excluding hydrogens is 504 g/mol. The average Bonchev–Trinajstić information content (AvgIpc) is 3.09. The average molecular weight is 514 g/mol. The fourth-order valence-corrected chi connectivity index (χ4v) is 4.71. The van der Waals surface area contributed by atoms with Gasteiger partial charge in [-0.15, -0.1) is 10.2 Å². The van der Waals surface area contributed by atoms with E-state index < -0.39 is 22.8 Å². The molecule has 0 saturated carbocycles. The second kappa shape index (κ2) is 9.61. The number of urea groups is 1. The molecule has 0 spiro atoms. The Morgan fingerprint density at radius 2 is 1.80 bits per heavy atom. The molecule has 13 heteroatoms. The predicted octanol–water partition coefficient (Wildman–Crippen LogP) is 7.45. The van der Waals surface area contributed by atoms with Crippen molar-refractivity contribution in [3.63, 3.8) is 0 Å². The molecule has 0 aliphatic carbocycles. The van der Waals surface area contributed by atoms with Crippen molar-refractivity contribution in [3.8, 4) is 0 Å². The summed E-state index contributed by atoms with van der Waals surface area (Å²) < 4.78 is 39.3. The fourth-order valence-electron chi connectivity index (χ4n) is 2.18. The first kappa shape index (κ1) is 23.0. The number of thioether (sulfide) groups is 1. The first-order valence-corrected chi connectivity index (χ1v) is 10.9. The quantitative estimate of drug-likeness (QED) is 0.275. The molecule has 0 fully saturated rings. The topological polar surface area (TPSA) is 66.9 Å². The molecule has 0 saturated heterocycles. The molecule has 5 nitrogen and oxygen atoms in total. The van der Waals surface area contributed by atoms with Gasteiger partial charge in [0, 0.05) is 21.5 Å². The van der Waals surface area contributed by atoms with E-state index in [1.807, 2.05) is 0 Å². The van der Waals surface area contributed by atoms with Gasteiger partial charge >= 0.3 is 12.2 Å². The monoisotopic (exact) mass is 512 g/mol. The van der Waals surface area contributed by atoms with Crippen molar-refractivity contribution < 1.29 is 18.0 Å². The fraction of sp³-hybridized carbons (Fsp3) is 0.118. The van der Waals surface area contributed by atoms with Gasteiger partial charge in [0.1, 0.15) is 0 Å². The Hall–Kier alpha value is -1.72. The largest absolute Gasteiger partial charge is 0.417 e. The lowest BCUT2D eigenvalue weighted by Gasteiger charge is -2.11. The van der Waals surface area contributed by atoms with E-state index in [4.69, 9.17) is 34.8 Å². The molecule has 0 atom stereocenters. The molecule has 1 heterocycles. The van der Waals surface area contributed by atoms with E-state index >= 15 is 0 Å². The van der Waals surface area contributed by atoms with Crippen LogP contribution in [0.1, 0.15) is 11.1 Å². The van der Waals surface area contributed by atoms with Crippen LogP contribution in [0.2, 0.25) is 15.1 Å². The first-order valence-electron chi connectivity index (χ1n) is 7.97. The Labute approximate surface area is 191 Å². The van der Waals surface area contributed by atoms with Crippen LogP contribution in [0.15, 0.2) is 40.7 Å². The summed E-state index contributed by atoms with van der Waals surface area (Å²) in [5, 5.41) is 13.3. The number of hydrogen-bond donors (Lipinski definition) is 2. The summed E-state index contributed by atoms with van der Waals surface area (Å²) >= 11 is 20.0. The number of rotatable bonds is 5. The van der Waals surface area contributed by atoms with E-state index in [0.29, 0.717) is 20.1 Å². The van der Waals surface area contributed by atoms with Crippen molar-refractivity contribution in [2.45, 2.75) is 16.3 Å². The molecule has 0 aliphatic heterocycles. The van der Waals surface area contributed by atoms with Crippen LogP contribution in [-0.2, 0) is 11.9 Å². The highest BCUT2D eigenvalue weighted by Gasteiger charge is 2.33. The van der Waals surface area contributed by atoms with Gasteiger partial charge in [0.25, 0.3) is 0 Å². The van der Waals surface area contributed by atoms with Crippen LogP contribution < -0.4 is 10.6 Å². The number of nitrogens with one attached hydrogen (secondary N) is 2. The standard InChI is InChI=1S/C17H10Cl3F3N4OS2/c18-9-2-1-8(13(20)5-9)7-29-16-27-26-15(30-16)25-14(28)24-10-3-4-12(19)11(6-10)17(21,22)23/h1-6H,7H2,(H2,24,25,26,28). The number of anilines is 2. The van der Waals surface area contributed by atoms with Gasteiger partial charge in [-0.3, -0.25) is 5.32 Å². The molecule has 0 aliphatic rings. The zero-order valence-corrected chi connectivity index (χ0v) is 18.5. The number of amides is 2. The van der Waals surface area contributed by atoms with Crippen LogP contribution in [0.25, 0.3) is 0 Å². The number of aromatic nitrogens is 2. The van der Waals surface area contributed by atoms with Crippen LogP contribution in [0.4, 0.5) is 28.8 Å². The van der Waals surface area contributed by atoms with Gasteiger partial charge in [0.05, 0.1) is 10.6 Å². The normalized spacial score (nSPS) is 11.4. The summed E-state index contributed by atoms with van der Waals surface area (Å²) in [6.45, 7) is 0. The maximum atomic E-state index is 12.9. The van der Waals surface area contributed by atoms with E-state index in [0.717, 1.165) is 29.0 Å². The molecule has 158 valence electrons. The molecule has 0 radical (unpaired) electrons. The predicted molar refractivity (Wildman–Crippen MR) is 115 cm³/mol. The van der Waals surface area contributed by atoms with E-state index in [1.165, 1.54) is 17.8 Å². The van der Waals surface area contributed by atoms with E-state index in [2.05, 4.69) is 20.8 Å². The molecule has 3 aromatic rings. The molecule has 2 amide bonds. The third-order valence-electron chi connectivity index (χ3n) is 3.52. The maximum Gasteiger partial charge on any atom is 0.417 e. The zero-order chi connectivity index (χ0) is 21.9. The van der Waals surface area contributed by atoms with Crippen LogP contribution in [0, 0.1) is 0 Å². The lowest BCUT2D eigenvalue weighted by Crippen LogP contribution is -2.19. The smallest absolute Gasteiger partial charge is 0.308 e. The SMILES string of the molecule is O=C(Nc1ccc(Cl)c(C(F)(F)F)c1)Nc1nnc(SCc2ccc(Cl)cc2Cl)s1. The number of nitrogens with zero attached hydrogens (tertiary/aromatic N) is 2. The first-order chi connectivity index (χ1) is 14.1. The number of carbonyl (C=O) groups is 1. The maximum absolute atomic E-state index is 12.9. The number of benzene rings is 2. The minimum absolute atomic E-state index is 0.0688. The van der Waals surface area contributed by atoms with Gasteiger partial charge in [-0.1, -0.05) is 64.0 Å². The Balaban J connectivity index is 1.58. The number of carbonyl (C=O) groups excluding carboxylic acids is 1. The number of alkyl halides is 3. The van der Waals surface area contributed by atoms with E-state index in [9.17, 15) is 18.0 Å². The molecule has 30 heavy (non-hydrogen) atoms. The molecule has 0 unspecified atom stereocenters. The minimum Gasteiger partial charge on any atom is -0.308 e. The third-order valence-corrected chi connectivity index (χ3v) is 6.46. The number of halogens is 6. The van der Waals surface area contributed by atoms with Crippen molar-refractivity contribution in [1.29, 1.82) is 0 Å². The summed E-state index contributed by atoms with van der Waals surface area (Å²) in [6, 6.07) is 7.46. The van der Waals surface area contributed by atoms with Crippen LogP contribution >= 0.6 is 57.9 Å². The van der Waals surface area contributed by atoms with Crippen LogP contribution in [0.5, 0.6) is 0 Å². The second-order valence-corrected chi connectivity index (χ2v) is 9.12. The summed E-state index contributed by atoms with van der Waals surface area (Å²) in [4.78, 5) is 12.1. The van der Waals surface area contributed by atoms with Crippen molar-refractivity contribution in [2.24, 2.45) is 0 Å². The zero-order valence-electron chi connectivity index (χ0n) is 14.6. The lowest BCUT2D eigenvalue weighted by molar-refractivity contribution is -0.137. The summed E-state index contributed by atoms with van der Waals surface area (Å²) in [5.41, 5.74) is -0.255. The molecule has 2 N–H and O–H groups in total. The summed E-state index contributed by atoms with van der Waals surface area (Å²) in [6.07, 6.45) is -4.64. The van der Waals surface area contributed by atoms with Gasteiger partial charge in [-0.05, 0) is 35.9 Å². The summed E-state index contributed by atoms with van der Waals surface area (Å²) in [5.74, 6) is 0.516. The Kier molecular flexibility index (Phi) is 7.35. The van der Waals surface area contributed by atoms with E-state index in [1.54, 1.807) is 18.2 Å². The Morgan fingerprint density at radius 3 is 2.50 bits per heavy atom. The van der Waals surface area contributed by atoms with Crippen molar-refractivity contribution in [3.05, 3.63) is 62.6 Å². The van der Waals surface area contributed by atoms with Gasteiger partial charge in [0.2, 0.25) is 5.13 Å². The lowest BCUT2D eigenvalue weighted by atomic mass is 10.2. The molecule has 1 aromatic heterocycles. The van der Waals surface area contributed by atoms with Crippen molar-refractivity contribution >= 4 is 74.8 Å². The van der Waals surface area contributed by atoms with Gasteiger partial charge in [-0.25, -0.2) is 4.79 Å². The number of hydrogen-bond acceptors (Lipinski definition) is 5. The highest BCUT2D eigenvalue weighted by atomic mass is 35.5. The third kappa shape index (κ3) is 6.14. The highest BCUT2D eigenvalue weighted by Crippen LogP contribution is 2.36. The Morgan fingerprint density at radius 1 is 1.03 bits per heavy atom. The van der Waals surface area contributed by atoms with Gasteiger partial charge in [0.15, 0.2) is 4.34 Å². The molecule has 0 bridgehead atoms. The van der Waals surface area contributed by atoms with Crippen LogP contribution in [-0.4, -0.2) is 16.2 Å². The highest BCUT2D eigenvalue weighted by molar-refractivity contribution is 8.00. The molecule has 3 rings (SSSR count). The Bertz CT molecular complexity index is 1080. The van der Waals surface area contributed by atoms with Crippen LogP contribution in [0.3, 0.4) is 0 Å². The summed E-state index contributed by atoms with van der Waals surface area (Å²) in [7, 11) is 0. The molecule has 2 aromatic carbocycles. The molecular formula is C17H10Cl3F3N4OS2. The minimum atomic E-state index is -4.64. The van der Waals surface area contributed by atoms with Crippen molar-refractivity contribution in [2.75, 3.05) is 10.6 Å². The van der Waals surface area contributed by atoms with E-state index in [-0.39, 0.29) is 10.8 Å².